The minimum atomic E-state index is -0.939. The van der Waals surface area contributed by atoms with Crippen LogP contribution in [0.1, 0.15) is 45.0 Å². The third-order valence-corrected chi connectivity index (χ3v) is 4.86. The number of amides is 3. The van der Waals surface area contributed by atoms with Crippen molar-refractivity contribution < 1.29 is 33.4 Å². The molecule has 0 saturated carbocycles. The molecule has 33 heavy (non-hydrogen) atoms. The van der Waals surface area contributed by atoms with E-state index in [4.69, 9.17) is 14.2 Å². The molecule has 0 fully saturated rings. The summed E-state index contributed by atoms with van der Waals surface area (Å²) >= 11 is 0. The second-order valence-corrected chi connectivity index (χ2v) is 7.69. The zero-order valence-electron chi connectivity index (χ0n) is 19.5. The molecule has 0 bridgehead atoms. The van der Waals surface area contributed by atoms with E-state index in [1.165, 1.54) is 0 Å². The Morgan fingerprint density at radius 2 is 1.73 bits per heavy atom. The van der Waals surface area contributed by atoms with E-state index < -0.39 is 36.0 Å². The molecule has 3 N–H and O–H groups in total. The summed E-state index contributed by atoms with van der Waals surface area (Å²) < 4.78 is 15.8. The van der Waals surface area contributed by atoms with Crippen LogP contribution >= 0.6 is 0 Å². The van der Waals surface area contributed by atoms with Gasteiger partial charge in [0.05, 0.1) is 30.5 Å². The fourth-order valence-electron chi connectivity index (χ4n) is 3.22. The lowest BCUT2D eigenvalue weighted by atomic mass is 10.0. The minimum Gasteiger partial charge on any atom is -0.494 e. The zero-order chi connectivity index (χ0) is 24.5. The molecule has 0 spiro atoms. The molecule has 1 aliphatic rings. The molecule has 0 aliphatic carbocycles. The number of urea groups is 1. The van der Waals surface area contributed by atoms with Gasteiger partial charge in [-0.2, -0.15) is 0 Å². The summed E-state index contributed by atoms with van der Waals surface area (Å²) in [6, 6.07) is 4.47. The third-order valence-electron chi connectivity index (χ3n) is 4.86. The van der Waals surface area contributed by atoms with E-state index in [1.807, 2.05) is 6.92 Å². The summed E-state index contributed by atoms with van der Waals surface area (Å²) in [4.78, 5) is 49.6. The highest BCUT2D eigenvalue weighted by Gasteiger charge is 2.32. The minimum absolute atomic E-state index is 0.137. The van der Waals surface area contributed by atoms with Gasteiger partial charge in [0.2, 0.25) is 0 Å². The van der Waals surface area contributed by atoms with Gasteiger partial charge in [0.15, 0.2) is 0 Å². The predicted octanol–water partition coefficient (Wildman–Crippen LogP) is 1.90. The van der Waals surface area contributed by atoms with Crippen LogP contribution in [0.4, 0.5) is 4.79 Å². The van der Waals surface area contributed by atoms with E-state index in [9.17, 15) is 19.2 Å². The van der Waals surface area contributed by atoms with Crippen molar-refractivity contribution in [2.75, 3.05) is 19.8 Å². The highest BCUT2D eigenvalue weighted by molar-refractivity contribution is 5.97. The van der Waals surface area contributed by atoms with Crippen LogP contribution in [0.15, 0.2) is 35.5 Å². The normalized spacial score (nSPS) is 16.4. The van der Waals surface area contributed by atoms with Crippen LogP contribution in [0.5, 0.6) is 5.75 Å². The average Bonchev–Trinajstić information content (AvgIpc) is 2.75. The molecule has 0 aromatic heterocycles. The van der Waals surface area contributed by atoms with Gasteiger partial charge in [0, 0.05) is 5.56 Å². The average molecular weight is 462 g/mol. The van der Waals surface area contributed by atoms with E-state index in [-0.39, 0.29) is 30.4 Å². The topological polar surface area (TPSA) is 132 Å². The molecule has 1 heterocycles. The van der Waals surface area contributed by atoms with Gasteiger partial charge in [-0.25, -0.2) is 14.4 Å². The summed E-state index contributed by atoms with van der Waals surface area (Å²) in [7, 11) is 0. The highest BCUT2D eigenvalue weighted by atomic mass is 16.5. The monoisotopic (exact) mass is 461 g/mol. The Balaban J connectivity index is 2.11. The lowest BCUT2D eigenvalue weighted by Gasteiger charge is -2.27. The second-order valence-electron chi connectivity index (χ2n) is 7.69. The number of carbonyl (C=O) groups is 4. The Morgan fingerprint density at radius 3 is 2.30 bits per heavy atom. The first-order valence-electron chi connectivity index (χ1n) is 10.9. The standard InChI is InChI=1S/C23H31N3O7/c1-6-31-16-10-8-15(9-11-16)20(27)26-19(13(3)4)22(29)33-12-17-18(21(28)32-7-2)14(5)24-23(30)25-17/h8-11,13-14,19H,6-7,12H2,1-5H3,(H,26,27)(H2,24,25,30). The Hall–Kier alpha value is -3.56. The van der Waals surface area contributed by atoms with Crippen molar-refractivity contribution in [1.29, 1.82) is 0 Å². The number of benzene rings is 1. The maximum atomic E-state index is 12.8. The van der Waals surface area contributed by atoms with Crippen LogP contribution in [-0.2, 0) is 19.1 Å². The third kappa shape index (κ3) is 6.96. The van der Waals surface area contributed by atoms with Crippen LogP contribution in [0.3, 0.4) is 0 Å². The number of hydrogen-bond donors (Lipinski definition) is 3. The predicted molar refractivity (Wildman–Crippen MR) is 119 cm³/mol. The van der Waals surface area contributed by atoms with Gasteiger partial charge in [0.25, 0.3) is 5.91 Å². The molecule has 1 aromatic rings. The molecule has 2 atom stereocenters. The number of carbonyl (C=O) groups excluding carboxylic acids is 4. The first-order valence-corrected chi connectivity index (χ1v) is 10.9. The number of rotatable bonds is 10. The van der Waals surface area contributed by atoms with Crippen molar-refractivity contribution in [2.45, 2.75) is 46.7 Å². The maximum Gasteiger partial charge on any atom is 0.338 e. The highest BCUT2D eigenvalue weighted by Crippen LogP contribution is 2.16. The van der Waals surface area contributed by atoms with E-state index in [1.54, 1.807) is 52.0 Å². The molecule has 1 aromatic carbocycles. The van der Waals surface area contributed by atoms with Crippen molar-refractivity contribution in [3.05, 3.63) is 41.1 Å². The Kier molecular flexibility index (Phi) is 9.26. The van der Waals surface area contributed by atoms with Gasteiger partial charge < -0.3 is 30.2 Å². The number of esters is 2. The zero-order valence-corrected chi connectivity index (χ0v) is 19.5. The van der Waals surface area contributed by atoms with Gasteiger partial charge in [-0.05, 0) is 51.0 Å². The lowest BCUT2D eigenvalue weighted by Crippen LogP contribution is -2.50. The van der Waals surface area contributed by atoms with Crippen molar-refractivity contribution in [1.82, 2.24) is 16.0 Å². The molecular formula is C23H31N3O7. The van der Waals surface area contributed by atoms with Crippen LogP contribution in [0.25, 0.3) is 0 Å². The maximum absolute atomic E-state index is 12.8. The van der Waals surface area contributed by atoms with Crippen molar-refractivity contribution in [2.24, 2.45) is 5.92 Å². The Morgan fingerprint density at radius 1 is 1.06 bits per heavy atom. The summed E-state index contributed by atoms with van der Waals surface area (Å²) in [5.74, 6) is -1.39. The Bertz CT molecular complexity index is 909. The smallest absolute Gasteiger partial charge is 0.338 e. The number of hydrogen-bond acceptors (Lipinski definition) is 7. The van der Waals surface area contributed by atoms with Crippen molar-refractivity contribution in [3.63, 3.8) is 0 Å². The number of ether oxygens (including phenoxy) is 3. The molecule has 2 rings (SSSR count). The number of nitrogens with one attached hydrogen (secondary N) is 3. The van der Waals surface area contributed by atoms with Crippen molar-refractivity contribution >= 4 is 23.9 Å². The van der Waals surface area contributed by atoms with Gasteiger partial charge >= 0.3 is 18.0 Å². The van der Waals surface area contributed by atoms with Crippen LogP contribution in [-0.4, -0.2) is 55.8 Å². The van der Waals surface area contributed by atoms with E-state index >= 15 is 0 Å². The molecular weight excluding hydrogens is 430 g/mol. The summed E-state index contributed by atoms with van der Waals surface area (Å²) in [6.45, 7) is 9.00. The van der Waals surface area contributed by atoms with Crippen LogP contribution < -0.4 is 20.7 Å². The van der Waals surface area contributed by atoms with E-state index in [0.717, 1.165) is 0 Å². The molecule has 1 aliphatic heterocycles. The molecule has 3 amide bonds. The molecule has 10 nitrogen and oxygen atoms in total. The van der Waals surface area contributed by atoms with Gasteiger partial charge in [-0.1, -0.05) is 13.8 Å². The second kappa shape index (κ2) is 11.9. The summed E-state index contributed by atoms with van der Waals surface area (Å²) in [5, 5.41) is 7.74. The molecule has 2 unspecified atom stereocenters. The first-order chi connectivity index (χ1) is 15.7. The summed E-state index contributed by atoms with van der Waals surface area (Å²) in [5.41, 5.74) is 0.672. The summed E-state index contributed by atoms with van der Waals surface area (Å²) in [6.07, 6.45) is 0. The van der Waals surface area contributed by atoms with Crippen LogP contribution in [0, 0.1) is 5.92 Å². The lowest BCUT2D eigenvalue weighted by molar-refractivity contribution is -0.146. The van der Waals surface area contributed by atoms with E-state index in [2.05, 4.69) is 16.0 Å². The largest absolute Gasteiger partial charge is 0.494 e. The van der Waals surface area contributed by atoms with Crippen LogP contribution in [0.2, 0.25) is 0 Å². The fourth-order valence-corrected chi connectivity index (χ4v) is 3.22. The molecule has 0 radical (unpaired) electrons. The first kappa shape index (κ1) is 25.7. The fraction of sp³-hybridized carbons (Fsp3) is 0.478. The molecule has 0 saturated heterocycles. The quantitative estimate of drug-likeness (QED) is 0.453. The van der Waals surface area contributed by atoms with Gasteiger partial charge in [0.1, 0.15) is 18.4 Å². The SMILES string of the molecule is CCOC(=O)C1=C(COC(=O)C(NC(=O)c2ccc(OCC)cc2)C(C)C)NC(=O)NC1C. The molecule has 10 heteroatoms. The van der Waals surface area contributed by atoms with Gasteiger partial charge in [-0.3, -0.25) is 4.79 Å². The van der Waals surface area contributed by atoms with Gasteiger partial charge in [-0.15, -0.1) is 0 Å². The Labute approximate surface area is 193 Å². The van der Waals surface area contributed by atoms with Crippen molar-refractivity contribution in [3.8, 4) is 5.75 Å². The molecule has 180 valence electrons. The van der Waals surface area contributed by atoms with E-state index in [0.29, 0.717) is 17.9 Å².